The molecule has 0 aliphatic heterocycles. The van der Waals surface area contributed by atoms with Crippen LogP contribution in [0.1, 0.15) is 50.3 Å². The average molecular weight is 364 g/mol. The minimum Gasteiger partial charge on any atom is -0.310 e. The minimum atomic E-state index is -4.35. The van der Waals surface area contributed by atoms with E-state index < -0.39 is 11.7 Å². The van der Waals surface area contributed by atoms with Gasteiger partial charge in [0.2, 0.25) is 0 Å². The first-order chi connectivity index (χ1) is 9.75. The molecule has 21 heavy (non-hydrogen) atoms. The van der Waals surface area contributed by atoms with Crippen LogP contribution >= 0.6 is 15.9 Å². The van der Waals surface area contributed by atoms with Gasteiger partial charge >= 0.3 is 6.18 Å². The van der Waals surface area contributed by atoms with Crippen molar-refractivity contribution in [3.8, 4) is 0 Å². The molecule has 0 bridgehead atoms. The summed E-state index contributed by atoms with van der Waals surface area (Å²) in [6.07, 6.45) is -1.88. The van der Waals surface area contributed by atoms with Gasteiger partial charge in [-0.3, -0.25) is 0 Å². The Labute approximate surface area is 132 Å². The zero-order chi connectivity index (χ0) is 16.0. The highest BCUT2D eigenvalue weighted by molar-refractivity contribution is 9.10. The van der Waals surface area contributed by atoms with Crippen molar-refractivity contribution in [1.29, 1.82) is 0 Å². The molecule has 0 aromatic heterocycles. The number of allylic oxidation sites excluding steroid dienone is 1. The van der Waals surface area contributed by atoms with Crippen LogP contribution in [-0.4, -0.2) is 6.54 Å². The van der Waals surface area contributed by atoms with Gasteiger partial charge in [-0.1, -0.05) is 34.5 Å². The van der Waals surface area contributed by atoms with Gasteiger partial charge in [-0.2, -0.15) is 13.2 Å². The first-order valence-corrected chi connectivity index (χ1v) is 7.79. The summed E-state index contributed by atoms with van der Waals surface area (Å²) in [6, 6.07) is 4.36. The third kappa shape index (κ3) is 5.83. The smallest absolute Gasteiger partial charge is 0.310 e. The highest BCUT2D eigenvalue weighted by Crippen LogP contribution is 2.36. The summed E-state index contributed by atoms with van der Waals surface area (Å²) in [6.45, 7) is 8.60. The summed E-state index contributed by atoms with van der Waals surface area (Å²) in [5, 5.41) is 3.32. The van der Waals surface area contributed by atoms with Crippen molar-refractivity contribution in [1.82, 2.24) is 5.32 Å². The number of benzene rings is 1. The lowest BCUT2D eigenvalue weighted by Crippen LogP contribution is -2.22. The maximum atomic E-state index is 13.0. The number of nitrogens with one attached hydrogen (secondary N) is 1. The highest BCUT2D eigenvalue weighted by Gasteiger charge is 2.33. The molecular weight excluding hydrogens is 343 g/mol. The molecule has 1 nitrogen and oxygen atoms in total. The van der Waals surface area contributed by atoms with Gasteiger partial charge in [-0.25, -0.2) is 0 Å². The number of halogens is 4. The van der Waals surface area contributed by atoms with E-state index in [1.165, 1.54) is 12.1 Å². The predicted octanol–water partition coefficient (Wildman–Crippen LogP) is 5.86. The highest BCUT2D eigenvalue weighted by atomic mass is 79.9. The van der Waals surface area contributed by atoms with Crippen LogP contribution < -0.4 is 5.32 Å². The Morgan fingerprint density at radius 2 is 2.05 bits per heavy atom. The Hall–Kier alpha value is -0.810. The molecule has 1 aromatic carbocycles. The number of hydrogen-bond acceptors (Lipinski definition) is 1. The van der Waals surface area contributed by atoms with Crippen molar-refractivity contribution < 1.29 is 13.2 Å². The van der Waals surface area contributed by atoms with Crippen LogP contribution in [0.2, 0.25) is 0 Å². The van der Waals surface area contributed by atoms with Crippen molar-refractivity contribution in [2.24, 2.45) is 0 Å². The van der Waals surface area contributed by atoms with Gasteiger partial charge in [-0.05, 0) is 50.4 Å². The van der Waals surface area contributed by atoms with E-state index in [-0.39, 0.29) is 10.5 Å². The molecule has 1 unspecified atom stereocenters. The fraction of sp³-hybridized carbons (Fsp3) is 0.500. The molecule has 1 aromatic rings. The van der Waals surface area contributed by atoms with Gasteiger partial charge < -0.3 is 5.32 Å². The van der Waals surface area contributed by atoms with Crippen molar-refractivity contribution >= 4 is 15.9 Å². The molecule has 0 radical (unpaired) electrons. The van der Waals surface area contributed by atoms with Gasteiger partial charge in [-0.15, -0.1) is 6.58 Å². The van der Waals surface area contributed by atoms with Crippen LogP contribution in [0.3, 0.4) is 0 Å². The molecule has 0 saturated carbocycles. The molecule has 1 rings (SSSR count). The van der Waals surface area contributed by atoms with Gasteiger partial charge in [0.15, 0.2) is 0 Å². The molecule has 0 amide bonds. The molecule has 0 fully saturated rings. The average Bonchev–Trinajstić information content (AvgIpc) is 2.38. The Bertz CT molecular complexity index is 483. The molecule has 0 aliphatic rings. The molecule has 0 heterocycles. The van der Waals surface area contributed by atoms with Crippen LogP contribution in [0.25, 0.3) is 0 Å². The van der Waals surface area contributed by atoms with Crippen molar-refractivity contribution in [2.45, 2.75) is 45.3 Å². The van der Waals surface area contributed by atoms with E-state index in [0.29, 0.717) is 5.56 Å². The SMILES string of the molecule is C=C(C)CCC(NCCC)c1ccc(Br)c(C(F)(F)F)c1. The molecule has 0 spiro atoms. The van der Waals surface area contributed by atoms with Crippen LogP contribution in [0.5, 0.6) is 0 Å². The standard InChI is InChI=1S/C16H21BrF3N/c1-4-9-21-15(8-5-11(2)3)12-6-7-14(17)13(10-12)16(18,19)20/h6-7,10,15,21H,2,4-5,8-9H2,1,3H3. The lowest BCUT2D eigenvalue weighted by atomic mass is 9.98. The second-order valence-corrected chi connectivity index (χ2v) is 6.09. The molecule has 1 atom stereocenters. The second kappa shape index (κ2) is 7.99. The molecule has 118 valence electrons. The summed E-state index contributed by atoms with van der Waals surface area (Å²) in [7, 11) is 0. The largest absolute Gasteiger partial charge is 0.417 e. The van der Waals surface area contributed by atoms with Crippen LogP contribution in [-0.2, 0) is 6.18 Å². The first kappa shape index (κ1) is 18.2. The van der Waals surface area contributed by atoms with Gasteiger partial charge in [0.25, 0.3) is 0 Å². The van der Waals surface area contributed by atoms with E-state index in [1.807, 2.05) is 13.8 Å². The number of rotatable bonds is 7. The number of hydrogen-bond donors (Lipinski definition) is 1. The predicted molar refractivity (Wildman–Crippen MR) is 84.2 cm³/mol. The van der Waals surface area contributed by atoms with E-state index in [4.69, 9.17) is 0 Å². The summed E-state index contributed by atoms with van der Waals surface area (Å²) in [5.74, 6) is 0. The fourth-order valence-corrected chi connectivity index (χ4v) is 2.54. The summed E-state index contributed by atoms with van der Waals surface area (Å²) in [4.78, 5) is 0. The maximum absolute atomic E-state index is 13.0. The summed E-state index contributed by atoms with van der Waals surface area (Å²) in [5.41, 5.74) is 1.07. The quantitative estimate of drug-likeness (QED) is 0.597. The van der Waals surface area contributed by atoms with Crippen molar-refractivity contribution in [3.63, 3.8) is 0 Å². The van der Waals surface area contributed by atoms with Crippen LogP contribution in [0.15, 0.2) is 34.8 Å². The van der Waals surface area contributed by atoms with Gasteiger partial charge in [0.05, 0.1) is 5.56 Å². The third-order valence-electron chi connectivity index (χ3n) is 3.20. The van der Waals surface area contributed by atoms with E-state index in [9.17, 15) is 13.2 Å². The fourth-order valence-electron chi connectivity index (χ4n) is 2.07. The molecule has 1 N–H and O–H groups in total. The van der Waals surface area contributed by atoms with E-state index in [2.05, 4.69) is 27.8 Å². The lowest BCUT2D eigenvalue weighted by molar-refractivity contribution is -0.138. The Morgan fingerprint density at radius 1 is 1.38 bits per heavy atom. The number of alkyl halides is 3. The Kier molecular flexibility index (Phi) is 6.94. The topological polar surface area (TPSA) is 12.0 Å². The second-order valence-electron chi connectivity index (χ2n) is 5.24. The summed E-state index contributed by atoms with van der Waals surface area (Å²) < 4.78 is 39.1. The van der Waals surface area contributed by atoms with E-state index in [0.717, 1.165) is 31.4 Å². The molecular formula is C16H21BrF3N. The molecule has 5 heteroatoms. The Balaban J connectivity index is 3.03. The van der Waals surface area contributed by atoms with Gasteiger partial charge in [0, 0.05) is 10.5 Å². The van der Waals surface area contributed by atoms with Crippen molar-refractivity contribution in [2.75, 3.05) is 6.54 Å². The molecule has 0 saturated heterocycles. The van der Waals surface area contributed by atoms with Crippen LogP contribution in [0.4, 0.5) is 13.2 Å². The van der Waals surface area contributed by atoms with Crippen molar-refractivity contribution in [3.05, 3.63) is 46.0 Å². The zero-order valence-electron chi connectivity index (χ0n) is 12.4. The van der Waals surface area contributed by atoms with Gasteiger partial charge in [0.1, 0.15) is 0 Å². The lowest BCUT2D eigenvalue weighted by Gasteiger charge is -2.21. The Morgan fingerprint density at radius 3 is 2.57 bits per heavy atom. The zero-order valence-corrected chi connectivity index (χ0v) is 13.9. The maximum Gasteiger partial charge on any atom is 0.417 e. The monoisotopic (exact) mass is 363 g/mol. The third-order valence-corrected chi connectivity index (χ3v) is 3.89. The van der Waals surface area contributed by atoms with Crippen LogP contribution in [0, 0.1) is 0 Å². The molecule has 0 aliphatic carbocycles. The summed E-state index contributed by atoms with van der Waals surface area (Å²) >= 11 is 2.98. The van der Waals surface area contributed by atoms with E-state index in [1.54, 1.807) is 6.07 Å². The minimum absolute atomic E-state index is 0.0768. The van der Waals surface area contributed by atoms with E-state index >= 15 is 0 Å². The first-order valence-electron chi connectivity index (χ1n) is 7.00. The normalized spacial score (nSPS) is 13.2.